The number of nitrogens with zero attached hydrogens (tertiary/aromatic N) is 1. The van der Waals surface area contributed by atoms with Crippen LogP contribution in [0.25, 0.3) is 76.5 Å². The third-order valence-electron chi connectivity index (χ3n) is 13.4. The molecule has 2 aliphatic rings. The van der Waals surface area contributed by atoms with E-state index >= 15 is 0 Å². The van der Waals surface area contributed by atoms with Crippen molar-refractivity contribution in [1.29, 1.82) is 0 Å². The summed E-state index contributed by atoms with van der Waals surface area (Å²) in [7, 11) is 0. The van der Waals surface area contributed by atoms with Gasteiger partial charge in [-0.2, -0.15) is 0 Å². The number of anilines is 3. The molecule has 0 heterocycles. The normalized spacial score (nSPS) is 13.1. The summed E-state index contributed by atoms with van der Waals surface area (Å²) in [5.41, 5.74) is 15.8. The first-order valence-electron chi connectivity index (χ1n) is 20.9. The first-order valence-corrected chi connectivity index (χ1v) is 20.9. The van der Waals surface area contributed by atoms with Crippen molar-refractivity contribution in [1.82, 2.24) is 0 Å². The fraction of sp³-hybridized carbons (Fsp3) is 0.0169. The van der Waals surface area contributed by atoms with Crippen LogP contribution >= 0.6 is 0 Å². The predicted octanol–water partition coefficient (Wildman–Crippen LogP) is 15.8. The average molecular weight is 760 g/mol. The van der Waals surface area contributed by atoms with Gasteiger partial charge in [0, 0.05) is 16.9 Å². The third kappa shape index (κ3) is 4.52. The highest BCUT2D eigenvalue weighted by atomic mass is 15.1. The summed E-state index contributed by atoms with van der Waals surface area (Å²) in [6.45, 7) is 0. The topological polar surface area (TPSA) is 3.24 Å². The highest BCUT2D eigenvalue weighted by Crippen LogP contribution is 2.64. The van der Waals surface area contributed by atoms with E-state index in [9.17, 15) is 0 Å². The molecule has 0 bridgehead atoms. The van der Waals surface area contributed by atoms with E-state index in [1.807, 2.05) is 0 Å². The maximum atomic E-state index is 2.55. The molecular formula is C59H37N. The molecule has 11 aromatic rings. The van der Waals surface area contributed by atoms with Crippen LogP contribution in [0.3, 0.4) is 0 Å². The van der Waals surface area contributed by atoms with Gasteiger partial charge in [-0.05, 0) is 130 Å². The minimum absolute atomic E-state index is 0.476. The molecule has 13 rings (SSSR count). The van der Waals surface area contributed by atoms with Crippen molar-refractivity contribution in [3.8, 4) is 33.4 Å². The minimum atomic E-state index is -0.476. The minimum Gasteiger partial charge on any atom is -0.310 e. The van der Waals surface area contributed by atoms with Crippen molar-refractivity contribution in [2.75, 3.05) is 4.90 Å². The van der Waals surface area contributed by atoms with Crippen molar-refractivity contribution >= 4 is 60.2 Å². The Morgan fingerprint density at radius 3 is 1.37 bits per heavy atom. The van der Waals surface area contributed by atoms with Gasteiger partial charge >= 0.3 is 0 Å². The molecule has 0 radical (unpaired) electrons. The van der Waals surface area contributed by atoms with Gasteiger partial charge < -0.3 is 4.90 Å². The van der Waals surface area contributed by atoms with Crippen LogP contribution in [0, 0.1) is 0 Å². The Morgan fingerprint density at radius 1 is 0.267 bits per heavy atom. The van der Waals surface area contributed by atoms with Crippen molar-refractivity contribution in [2.24, 2.45) is 0 Å². The van der Waals surface area contributed by atoms with Crippen LogP contribution in [0.5, 0.6) is 0 Å². The molecule has 0 aliphatic heterocycles. The molecule has 0 unspecified atom stereocenters. The summed E-state index contributed by atoms with van der Waals surface area (Å²) < 4.78 is 0. The van der Waals surface area contributed by atoms with Crippen LogP contribution < -0.4 is 4.90 Å². The Bertz CT molecular complexity index is 3480. The summed E-state index contributed by atoms with van der Waals surface area (Å²) in [6, 6.07) is 83.8. The van der Waals surface area contributed by atoms with Crippen LogP contribution in [0.1, 0.15) is 22.3 Å². The molecule has 11 aromatic carbocycles. The summed E-state index contributed by atoms with van der Waals surface area (Å²) in [5.74, 6) is 0. The summed E-state index contributed by atoms with van der Waals surface area (Å²) in [6.07, 6.45) is 0. The van der Waals surface area contributed by atoms with Gasteiger partial charge in [0.25, 0.3) is 0 Å². The molecule has 0 amide bonds. The largest absolute Gasteiger partial charge is 0.310 e. The molecule has 2 aliphatic carbocycles. The number of hydrogen-bond acceptors (Lipinski definition) is 1. The fourth-order valence-electron chi connectivity index (χ4n) is 10.9. The van der Waals surface area contributed by atoms with Crippen molar-refractivity contribution in [3.05, 3.63) is 247 Å². The van der Waals surface area contributed by atoms with Crippen molar-refractivity contribution in [2.45, 2.75) is 5.41 Å². The smallest absolute Gasteiger partial charge is 0.0726 e. The second-order valence-corrected chi connectivity index (χ2v) is 16.4. The van der Waals surface area contributed by atoms with E-state index in [1.165, 1.54) is 98.7 Å². The molecule has 0 atom stereocenters. The van der Waals surface area contributed by atoms with Gasteiger partial charge in [0.2, 0.25) is 0 Å². The van der Waals surface area contributed by atoms with E-state index in [1.54, 1.807) is 0 Å². The van der Waals surface area contributed by atoms with Gasteiger partial charge in [0.1, 0.15) is 0 Å². The highest BCUT2D eigenvalue weighted by molar-refractivity contribution is 6.26. The first kappa shape index (κ1) is 33.3. The molecular weight excluding hydrogens is 723 g/mol. The van der Waals surface area contributed by atoms with E-state index in [0.717, 1.165) is 17.1 Å². The second kappa shape index (κ2) is 12.6. The molecule has 0 fully saturated rings. The standard InChI is InChI=1S/C59H37N/c1-2-17-39(18-3-1)51-36-53-50-26-12-15-29-56(50)59(54-27-13-10-24-48(54)49-25-11-14-28-55(49)59)57(53)37-58(51)60(41-31-30-38-16-4-5-19-40(38)34-41)42-32-33-47-45-22-7-6-20-43(45)44-21-8-9-23-46(44)52(47)35-42/h1-37H. The van der Waals surface area contributed by atoms with E-state index in [0.29, 0.717) is 0 Å². The molecule has 1 spiro atoms. The van der Waals surface area contributed by atoms with Gasteiger partial charge in [-0.15, -0.1) is 0 Å². The predicted molar refractivity (Wildman–Crippen MR) is 253 cm³/mol. The van der Waals surface area contributed by atoms with Crippen molar-refractivity contribution in [3.63, 3.8) is 0 Å². The van der Waals surface area contributed by atoms with Crippen LogP contribution in [0.15, 0.2) is 224 Å². The van der Waals surface area contributed by atoms with Gasteiger partial charge in [-0.1, -0.05) is 188 Å². The Labute approximate surface area is 349 Å². The highest BCUT2D eigenvalue weighted by Gasteiger charge is 2.52. The number of benzene rings is 11. The first-order chi connectivity index (χ1) is 29.8. The monoisotopic (exact) mass is 759 g/mol. The Kier molecular flexibility index (Phi) is 7.00. The van der Waals surface area contributed by atoms with Crippen molar-refractivity contribution < 1.29 is 0 Å². The lowest BCUT2D eigenvalue weighted by Gasteiger charge is -2.33. The fourth-order valence-corrected chi connectivity index (χ4v) is 10.9. The Morgan fingerprint density at radius 2 is 0.733 bits per heavy atom. The van der Waals surface area contributed by atoms with E-state index in [4.69, 9.17) is 0 Å². The maximum Gasteiger partial charge on any atom is 0.0726 e. The zero-order valence-corrected chi connectivity index (χ0v) is 32.8. The molecule has 0 aromatic heterocycles. The molecule has 1 nitrogen and oxygen atoms in total. The van der Waals surface area contributed by atoms with Crippen LogP contribution in [-0.2, 0) is 5.41 Å². The Hall–Kier alpha value is -7.74. The van der Waals surface area contributed by atoms with Gasteiger partial charge in [-0.3, -0.25) is 0 Å². The van der Waals surface area contributed by atoms with E-state index in [2.05, 4.69) is 229 Å². The van der Waals surface area contributed by atoms with E-state index in [-0.39, 0.29) is 0 Å². The lowest BCUT2D eigenvalue weighted by atomic mass is 9.70. The second-order valence-electron chi connectivity index (χ2n) is 16.4. The van der Waals surface area contributed by atoms with Crippen LogP contribution in [0.2, 0.25) is 0 Å². The SMILES string of the molecule is c1ccc(-c2cc3c(cc2N(c2ccc4ccccc4c2)c2ccc4c5ccccc5c5ccccc5c4c2)C2(c4ccccc4-c4ccccc42)c2ccccc2-3)cc1. The quantitative estimate of drug-likeness (QED) is 0.162. The molecule has 278 valence electrons. The average Bonchev–Trinajstić information content (AvgIpc) is 3.78. The maximum absolute atomic E-state index is 2.55. The van der Waals surface area contributed by atoms with Gasteiger partial charge in [0.15, 0.2) is 0 Å². The van der Waals surface area contributed by atoms with Gasteiger partial charge in [0.05, 0.1) is 11.1 Å². The molecule has 1 heteroatoms. The zero-order valence-electron chi connectivity index (χ0n) is 32.8. The molecule has 0 saturated heterocycles. The third-order valence-corrected chi connectivity index (χ3v) is 13.4. The Balaban J connectivity index is 1.17. The lowest BCUT2D eigenvalue weighted by Crippen LogP contribution is -2.26. The zero-order chi connectivity index (χ0) is 39.4. The molecule has 0 saturated carbocycles. The lowest BCUT2D eigenvalue weighted by molar-refractivity contribution is 0.794. The van der Waals surface area contributed by atoms with Gasteiger partial charge in [-0.25, -0.2) is 0 Å². The number of fused-ring (bicyclic) bond motifs is 17. The number of rotatable bonds is 4. The molecule has 0 N–H and O–H groups in total. The summed E-state index contributed by atoms with van der Waals surface area (Å²) >= 11 is 0. The van der Waals surface area contributed by atoms with E-state index < -0.39 is 5.41 Å². The summed E-state index contributed by atoms with van der Waals surface area (Å²) in [5, 5.41) is 10.0. The van der Waals surface area contributed by atoms with Crippen LogP contribution in [0.4, 0.5) is 17.1 Å². The molecule has 60 heavy (non-hydrogen) atoms. The van der Waals surface area contributed by atoms with Crippen LogP contribution in [-0.4, -0.2) is 0 Å². The summed E-state index contributed by atoms with van der Waals surface area (Å²) in [4.78, 5) is 2.53. The number of hydrogen-bond donors (Lipinski definition) is 0.